The number of hydrogen-bond acceptors (Lipinski definition) is 6. The van der Waals surface area contributed by atoms with Crippen molar-refractivity contribution in [3.63, 3.8) is 0 Å². The number of aromatic nitrogens is 4. The first kappa shape index (κ1) is 17.3. The largest absolute Gasteiger partial charge is 0.369 e. The first-order valence-electron chi connectivity index (χ1n) is 8.42. The number of amides is 1. The Bertz CT molecular complexity index is 972. The second kappa shape index (κ2) is 7.24. The molecule has 0 unspecified atom stereocenters. The van der Waals surface area contributed by atoms with E-state index in [2.05, 4.69) is 39.1 Å². The van der Waals surface area contributed by atoms with Gasteiger partial charge in [0.1, 0.15) is 5.92 Å². The molecule has 7 nitrogen and oxygen atoms in total. The standard InChI is InChI=1S/C19H18N6OS/c1-12-15(17(20)26)16(14-8-5-9-21-10-14)25-18(22-12)23-19(24-25)27-11-13-6-3-2-4-7-13/h2-10,15-16H,1,11H2,(H2,20,26)(H,22,23,24)/t15-,16-/m1/s1. The van der Waals surface area contributed by atoms with Crippen LogP contribution in [0.5, 0.6) is 0 Å². The van der Waals surface area contributed by atoms with Crippen LogP contribution in [0.1, 0.15) is 17.2 Å². The third kappa shape index (κ3) is 3.43. The average molecular weight is 378 g/mol. The molecule has 0 bridgehead atoms. The predicted octanol–water partition coefficient (Wildman–Crippen LogP) is 2.60. The van der Waals surface area contributed by atoms with Crippen molar-refractivity contribution in [2.24, 2.45) is 11.7 Å². The summed E-state index contributed by atoms with van der Waals surface area (Å²) in [7, 11) is 0. The van der Waals surface area contributed by atoms with Gasteiger partial charge in [-0.05, 0) is 17.2 Å². The van der Waals surface area contributed by atoms with Crippen molar-refractivity contribution in [2.45, 2.75) is 17.0 Å². The lowest BCUT2D eigenvalue weighted by Crippen LogP contribution is -2.40. The van der Waals surface area contributed by atoms with Crippen molar-refractivity contribution in [3.8, 4) is 0 Å². The molecule has 0 radical (unpaired) electrons. The summed E-state index contributed by atoms with van der Waals surface area (Å²) in [5.41, 5.74) is 8.18. The molecule has 1 aliphatic rings. The molecule has 0 spiro atoms. The number of benzene rings is 1. The second-order valence-corrected chi connectivity index (χ2v) is 7.14. The van der Waals surface area contributed by atoms with Gasteiger partial charge in [-0.3, -0.25) is 9.78 Å². The SMILES string of the molecule is C=C1Nc2nc(SCc3ccccc3)nn2[C@H](c2cccnc2)[C@@H]1C(N)=O. The molecule has 3 heterocycles. The second-order valence-electron chi connectivity index (χ2n) is 6.20. The van der Waals surface area contributed by atoms with Gasteiger partial charge >= 0.3 is 0 Å². The van der Waals surface area contributed by atoms with Gasteiger partial charge in [0.15, 0.2) is 0 Å². The van der Waals surface area contributed by atoms with E-state index < -0.39 is 17.9 Å². The Kier molecular flexibility index (Phi) is 4.64. The number of nitrogens with zero attached hydrogens (tertiary/aromatic N) is 4. The average Bonchev–Trinajstić information content (AvgIpc) is 3.09. The lowest BCUT2D eigenvalue weighted by Gasteiger charge is -2.32. The summed E-state index contributed by atoms with van der Waals surface area (Å²) in [6.07, 6.45) is 3.39. The highest BCUT2D eigenvalue weighted by atomic mass is 32.2. The van der Waals surface area contributed by atoms with E-state index in [9.17, 15) is 4.79 Å². The Morgan fingerprint density at radius 3 is 2.78 bits per heavy atom. The van der Waals surface area contributed by atoms with Crippen molar-refractivity contribution in [1.29, 1.82) is 0 Å². The number of carbonyl (C=O) groups is 1. The molecule has 8 heteroatoms. The van der Waals surface area contributed by atoms with Gasteiger partial charge in [0.2, 0.25) is 17.0 Å². The highest BCUT2D eigenvalue weighted by Crippen LogP contribution is 2.38. The number of anilines is 1. The third-order valence-electron chi connectivity index (χ3n) is 4.38. The zero-order chi connectivity index (χ0) is 18.8. The van der Waals surface area contributed by atoms with E-state index in [0.717, 1.165) is 11.3 Å². The number of fused-ring (bicyclic) bond motifs is 1. The number of thioether (sulfide) groups is 1. The number of nitrogens with one attached hydrogen (secondary N) is 1. The van der Waals surface area contributed by atoms with Gasteiger partial charge in [-0.25, -0.2) is 4.68 Å². The maximum atomic E-state index is 12.1. The number of pyridine rings is 1. The van der Waals surface area contributed by atoms with E-state index in [4.69, 9.17) is 5.73 Å². The van der Waals surface area contributed by atoms with E-state index in [1.807, 2.05) is 30.3 Å². The molecule has 1 aliphatic heterocycles. The summed E-state index contributed by atoms with van der Waals surface area (Å²) in [5, 5.41) is 8.31. The molecule has 4 rings (SSSR count). The highest BCUT2D eigenvalue weighted by Gasteiger charge is 2.39. The molecule has 0 saturated carbocycles. The fourth-order valence-corrected chi connectivity index (χ4v) is 3.92. The number of primary amides is 1. The van der Waals surface area contributed by atoms with Crippen molar-refractivity contribution < 1.29 is 4.79 Å². The molecule has 3 N–H and O–H groups in total. The first-order valence-corrected chi connectivity index (χ1v) is 9.40. The fourth-order valence-electron chi connectivity index (χ4n) is 3.13. The number of rotatable bonds is 5. The van der Waals surface area contributed by atoms with Crippen LogP contribution < -0.4 is 11.1 Å². The van der Waals surface area contributed by atoms with Crippen LogP contribution in [0.25, 0.3) is 0 Å². The van der Waals surface area contributed by atoms with Gasteiger partial charge in [-0.2, -0.15) is 4.98 Å². The Balaban J connectivity index is 1.68. The van der Waals surface area contributed by atoms with Crippen LogP contribution in [-0.4, -0.2) is 25.7 Å². The summed E-state index contributed by atoms with van der Waals surface area (Å²) in [6, 6.07) is 13.4. The minimum atomic E-state index is -0.643. The van der Waals surface area contributed by atoms with Crippen molar-refractivity contribution in [3.05, 3.63) is 78.3 Å². The Labute approximate surface area is 160 Å². The van der Waals surface area contributed by atoms with Crippen molar-refractivity contribution >= 4 is 23.6 Å². The Hall–Kier alpha value is -3.13. The van der Waals surface area contributed by atoms with Gasteiger partial charge in [0.25, 0.3) is 0 Å². The number of carbonyl (C=O) groups excluding carboxylic acids is 1. The van der Waals surface area contributed by atoms with Gasteiger partial charge in [0.05, 0.1) is 6.04 Å². The molecule has 0 fully saturated rings. The van der Waals surface area contributed by atoms with E-state index >= 15 is 0 Å². The highest BCUT2D eigenvalue weighted by molar-refractivity contribution is 7.98. The summed E-state index contributed by atoms with van der Waals surface area (Å²) in [4.78, 5) is 20.8. The molecule has 3 aromatic rings. The summed E-state index contributed by atoms with van der Waals surface area (Å²) < 4.78 is 1.70. The van der Waals surface area contributed by atoms with Gasteiger partial charge in [0, 0.05) is 23.8 Å². The predicted molar refractivity (Wildman–Crippen MR) is 104 cm³/mol. The van der Waals surface area contributed by atoms with Crippen LogP contribution in [0, 0.1) is 5.92 Å². The minimum Gasteiger partial charge on any atom is -0.369 e. The molecular weight excluding hydrogens is 360 g/mol. The van der Waals surface area contributed by atoms with E-state index in [-0.39, 0.29) is 0 Å². The van der Waals surface area contributed by atoms with Crippen LogP contribution in [0.3, 0.4) is 0 Å². The third-order valence-corrected chi connectivity index (χ3v) is 5.29. The van der Waals surface area contributed by atoms with Crippen LogP contribution in [0.4, 0.5) is 5.95 Å². The summed E-state index contributed by atoms with van der Waals surface area (Å²) in [6.45, 7) is 3.97. The zero-order valence-electron chi connectivity index (χ0n) is 14.4. The summed E-state index contributed by atoms with van der Waals surface area (Å²) in [5.74, 6) is 0.181. The van der Waals surface area contributed by atoms with E-state index in [1.165, 1.54) is 17.3 Å². The van der Waals surface area contributed by atoms with Crippen LogP contribution in [-0.2, 0) is 10.5 Å². The molecule has 27 heavy (non-hydrogen) atoms. The summed E-state index contributed by atoms with van der Waals surface area (Å²) >= 11 is 1.53. The quantitative estimate of drug-likeness (QED) is 0.662. The molecule has 0 saturated heterocycles. The molecule has 2 aromatic heterocycles. The Morgan fingerprint density at radius 1 is 1.26 bits per heavy atom. The maximum Gasteiger partial charge on any atom is 0.229 e. The van der Waals surface area contributed by atoms with Gasteiger partial charge in [-0.1, -0.05) is 54.7 Å². The number of hydrogen-bond donors (Lipinski definition) is 2. The molecule has 0 aliphatic carbocycles. The zero-order valence-corrected chi connectivity index (χ0v) is 15.3. The maximum absolute atomic E-state index is 12.1. The Morgan fingerprint density at radius 2 is 2.07 bits per heavy atom. The lowest BCUT2D eigenvalue weighted by atomic mass is 9.89. The van der Waals surface area contributed by atoms with Crippen LogP contribution in [0.15, 0.2) is 72.3 Å². The van der Waals surface area contributed by atoms with E-state index in [1.54, 1.807) is 17.1 Å². The van der Waals surface area contributed by atoms with Gasteiger partial charge < -0.3 is 11.1 Å². The van der Waals surface area contributed by atoms with Crippen molar-refractivity contribution in [2.75, 3.05) is 5.32 Å². The monoisotopic (exact) mass is 378 g/mol. The van der Waals surface area contributed by atoms with Crippen LogP contribution >= 0.6 is 11.8 Å². The topological polar surface area (TPSA) is 98.7 Å². The molecule has 136 valence electrons. The number of nitrogens with two attached hydrogens (primary N) is 1. The van der Waals surface area contributed by atoms with Crippen LogP contribution in [0.2, 0.25) is 0 Å². The molecule has 1 amide bonds. The normalized spacial score (nSPS) is 18.6. The first-order chi connectivity index (χ1) is 13.1. The lowest BCUT2D eigenvalue weighted by molar-refractivity contribution is -0.121. The van der Waals surface area contributed by atoms with E-state index in [0.29, 0.717) is 16.8 Å². The smallest absolute Gasteiger partial charge is 0.229 e. The molecule has 2 atom stereocenters. The van der Waals surface area contributed by atoms with Gasteiger partial charge in [-0.15, -0.1) is 5.10 Å². The molecule has 1 aromatic carbocycles. The minimum absolute atomic E-state index is 0.432. The molecular formula is C19H18N6OS. The fraction of sp³-hybridized carbons (Fsp3) is 0.158. The van der Waals surface area contributed by atoms with Crippen molar-refractivity contribution in [1.82, 2.24) is 19.7 Å².